The summed E-state index contributed by atoms with van der Waals surface area (Å²) in [6.07, 6.45) is 1.23. The number of hydrogen-bond acceptors (Lipinski definition) is 3. The van der Waals surface area contributed by atoms with E-state index in [1.807, 2.05) is 18.2 Å². The van der Waals surface area contributed by atoms with Crippen molar-refractivity contribution in [1.82, 2.24) is 5.32 Å². The molecule has 1 saturated heterocycles. The van der Waals surface area contributed by atoms with Crippen LogP contribution in [0.5, 0.6) is 0 Å². The van der Waals surface area contributed by atoms with Crippen LogP contribution in [-0.2, 0) is 14.4 Å². The Morgan fingerprint density at radius 2 is 1.75 bits per heavy atom. The fourth-order valence-electron chi connectivity index (χ4n) is 1.47. The van der Waals surface area contributed by atoms with E-state index in [0.717, 1.165) is 5.56 Å². The van der Waals surface area contributed by atoms with Crippen LogP contribution in [0.15, 0.2) is 35.9 Å². The lowest BCUT2D eigenvalue weighted by atomic mass is 10.0. The van der Waals surface area contributed by atoms with Crippen LogP contribution in [0.3, 0.4) is 0 Å². The summed E-state index contributed by atoms with van der Waals surface area (Å²) in [7, 11) is 0. The average Bonchev–Trinajstić information content (AvgIpc) is 2.25. The van der Waals surface area contributed by atoms with Crippen molar-refractivity contribution < 1.29 is 14.4 Å². The van der Waals surface area contributed by atoms with Crippen molar-refractivity contribution >= 4 is 23.7 Å². The maximum atomic E-state index is 11.5. The first-order valence-corrected chi connectivity index (χ1v) is 4.81. The number of piperidine rings is 1. The Kier molecular flexibility index (Phi) is 2.64. The first kappa shape index (κ1) is 10.3. The van der Waals surface area contributed by atoms with Crippen LogP contribution in [0.1, 0.15) is 12.0 Å². The highest BCUT2D eigenvalue weighted by Crippen LogP contribution is 2.12. The summed E-state index contributed by atoms with van der Waals surface area (Å²) < 4.78 is 0. The van der Waals surface area contributed by atoms with Crippen LogP contribution in [0, 0.1) is 0 Å². The van der Waals surface area contributed by atoms with Crippen molar-refractivity contribution in [3.8, 4) is 0 Å². The van der Waals surface area contributed by atoms with Gasteiger partial charge < -0.3 is 0 Å². The van der Waals surface area contributed by atoms with Crippen LogP contribution in [0.2, 0.25) is 0 Å². The average molecular weight is 215 g/mol. The van der Waals surface area contributed by atoms with Gasteiger partial charge in [-0.3, -0.25) is 19.7 Å². The van der Waals surface area contributed by atoms with Crippen molar-refractivity contribution in [3.05, 3.63) is 41.5 Å². The van der Waals surface area contributed by atoms with Gasteiger partial charge in [0.2, 0.25) is 5.91 Å². The zero-order valence-corrected chi connectivity index (χ0v) is 8.40. The van der Waals surface area contributed by atoms with E-state index >= 15 is 0 Å². The maximum Gasteiger partial charge on any atom is 0.261 e. The molecule has 0 radical (unpaired) electrons. The molecule has 0 aliphatic carbocycles. The lowest BCUT2D eigenvalue weighted by Crippen LogP contribution is -2.40. The molecule has 0 unspecified atom stereocenters. The Morgan fingerprint density at radius 1 is 1.06 bits per heavy atom. The second-order valence-corrected chi connectivity index (χ2v) is 3.45. The van der Waals surface area contributed by atoms with Crippen molar-refractivity contribution in [1.29, 1.82) is 0 Å². The number of hydrogen-bond donors (Lipinski definition) is 1. The van der Waals surface area contributed by atoms with Gasteiger partial charge in [0, 0.05) is 0 Å². The molecule has 1 aliphatic rings. The van der Waals surface area contributed by atoms with E-state index < -0.39 is 17.6 Å². The lowest BCUT2D eigenvalue weighted by molar-refractivity contribution is -0.134. The van der Waals surface area contributed by atoms with Crippen LogP contribution in [0.25, 0.3) is 6.08 Å². The molecule has 1 aromatic rings. The summed E-state index contributed by atoms with van der Waals surface area (Å²) in [6.45, 7) is 0. The molecule has 1 aliphatic heterocycles. The number of benzene rings is 1. The fraction of sp³-hybridized carbons (Fsp3) is 0.0833. The van der Waals surface area contributed by atoms with Crippen LogP contribution in [-0.4, -0.2) is 17.6 Å². The maximum absolute atomic E-state index is 11.5. The normalized spacial score (nSPS) is 18.8. The van der Waals surface area contributed by atoms with Crippen molar-refractivity contribution in [2.24, 2.45) is 0 Å². The molecule has 0 aromatic heterocycles. The molecule has 1 fully saturated rings. The van der Waals surface area contributed by atoms with Gasteiger partial charge >= 0.3 is 0 Å². The van der Waals surface area contributed by atoms with E-state index in [-0.39, 0.29) is 12.0 Å². The van der Waals surface area contributed by atoms with Gasteiger partial charge in [0.05, 0.1) is 12.0 Å². The zero-order chi connectivity index (χ0) is 11.5. The summed E-state index contributed by atoms with van der Waals surface area (Å²) in [5, 5.41) is 2.11. The number of nitrogens with one attached hydrogen (secondary N) is 1. The number of carbonyl (C=O) groups excluding carboxylic acids is 3. The number of amides is 2. The molecule has 1 N–H and O–H groups in total. The molecule has 80 valence electrons. The third kappa shape index (κ3) is 2.06. The molecule has 0 atom stereocenters. The van der Waals surface area contributed by atoms with Gasteiger partial charge in [0.1, 0.15) is 0 Å². The van der Waals surface area contributed by atoms with Gasteiger partial charge in [-0.15, -0.1) is 0 Å². The SMILES string of the molecule is O=C1CC(=O)/C(=C\c2ccccc2)C(=O)N1. The Balaban J connectivity index is 2.33. The number of carbonyl (C=O) groups is 3. The Morgan fingerprint density at radius 3 is 2.38 bits per heavy atom. The van der Waals surface area contributed by atoms with E-state index in [1.54, 1.807) is 12.1 Å². The van der Waals surface area contributed by atoms with Crippen molar-refractivity contribution in [2.45, 2.75) is 6.42 Å². The number of Topliss-reactive ketones (excluding diaryl/α,β-unsaturated/α-hetero) is 1. The quantitative estimate of drug-likeness (QED) is 0.324. The minimum Gasteiger partial charge on any atom is -0.293 e. The molecule has 2 rings (SSSR count). The third-order valence-corrected chi connectivity index (χ3v) is 2.23. The summed E-state index contributed by atoms with van der Waals surface area (Å²) in [5.41, 5.74) is 0.793. The Labute approximate surface area is 92.0 Å². The number of ketones is 1. The summed E-state index contributed by atoms with van der Waals surface area (Å²) in [6, 6.07) is 9.02. The van der Waals surface area contributed by atoms with Crippen molar-refractivity contribution in [3.63, 3.8) is 0 Å². The van der Waals surface area contributed by atoms with E-state index in [2.05, 4.69) is 5.32 Å². The van der Waals surface area contributed by atoms with Gasteiger partial charge in [0.15, 0.2) is 5.78 Å². The first-order chi connectivity index (χ1) is 7.66. The lowest BCUT2D eigenvalue weighted by Gasteiger charge is -2.12. The van der Waals surface area contributed by atoms with E-state index in [9.17, 15) is 14.4 Å². The molecule has 0 spiro atoms. The van der Waals surface area contributed by atoms with Gasteiger partial charge in [-0.1, -0.05) is 30.3 Å². The molecule has 4 nitrogen and oxygen atoms in total. The van der Waals surface area contributed by atoms with E-state index in [4.69, 9.17) is 0 Å². The highest BCUT2D eigenvalue weighted by atomic mass is 16.2. The highest BCUT2D eigenvalue weighted by molar-refractivity contribution is 6.32. The van der Waals surface area contributed by atoms with E-state index in [1.165, 1.54) is 6.08 Å². The second-order valence-electron chi connectivity index (χ2n) is 3.45. The molecular weight excluding hydrogens is 206 g/mol. The fourth-order valence-corrected chi connectivity index (χ4v) is 1.47. The van der Waals surface area contributed by atoms with Gasteiger partial charge in [-0.05, 0) is 11.6 Å². The van der Waals surface area contributed by atoms with Crippen LogP contribution < -0.4 is 5.32 Å². The standard InChI is InChI=1S/C12H9NO3/c14-10-7-11(15)13-12(16)9(10)6-8-4-2-1-3-5-8/h1-6H,7H2,(H,13,15,16)/b9-6+. The Hall–Kier alpha value is -2.23. The summed E-state index contributed by atoms with van der Waals surface area (Å²) in [5.74, 6) is -1.59. The molecule has 0 bridgehead atoms. The zero-order valence-electron chi connectivity index (χ0n) is 8.40. The topological polar surface area (TPSA) is 63.2 Å². The van der Waals surface area contributed by atoms with Crippen LogP contribution in [0.4, 0.5) is 0 Å². The van der Waals surface area contributed by atoms with Crippen LogP contribution >= 0.6 is 0 Å². The van der Waals surface area contributed by atoms with Gasteiger partial charge in [0.25, 0.3) is 5.91 Å². The predicted octanol–water partition coefficient (Wildman–Crippen LogP) is 0.686. The predicted molar refractivity (Wildman–Crippen MR) is 57.2 cm³/mol. The monoisotopic (exact) mass is 215 g/mol. The molecule has 16 heavy (non-hydrogen) atoms. The third-order valence-electron chi connectivity index (χ3n) is 2.23. The van der Waals surface area contributed by atoms with Crippen molar-refractivity contribution in [2.75, 3.05) is 0 Å². The second kappa shape index (κ2) is 4.10. The van der Waals surface area contributed by atoms with Gasteiger partial charge in [-0.2, -0.15) is 0 Å². The molecule has 0 saturated carbocycles. The number of imide groups is 1. The summed E-state index contributed by atoms with van der Waals surface area (Å²) in [4.78, 5) is 33.8. The minimum absolute atomic E-state index is 0.0331. The molecule has 4 heteroatoms. The first-order valence-electron chi connectivity index (χ1n) is 4.81. The summed E-state index contributed by atoms with van der Waals surface area (Å²) >= 11 is 0. The minimum atomic E-state index is -0.620. The van der Waals surface area contributed by atoms with E-state index in [0.29, 0.717) is 0 Å². The highest BCUT2D eigenvalue weighted by Gasteiger charge is 2.27. The number of rotatable bonds is 1. The molecule has 1 heterocycles. The molecule has 2 amide bonds. The largest absolute Gasteiger partial charge is 0.293 e. The molecule has 1 aromatic carbocycles. The molecular formula is C12H9NO3. The smallest absolute Gasteiger partial charge is 0.261 e. The Bertz CT molecular complexity index is 466. The van der Waals surface area contributed by atoms with Gasteiger partial charge in [-0.25, -0.2) is 0 Å².